The maximum atomic E-state index is 10.5. The van der Waals surface area contributed by atoms with Gasteiger partial charge in [-0.1, -0.05) is 0 Å². The number of nitrogens with zero attached hydrogens (tertiary/aromatic N) is 3. The van der Waals surface area contributed by atoms with Crippen molar-refractivity contribution in [3.8, 4) is 6.07 Å². The normalized spacial score (nSPS) is 9.07. The Morgan fingerprint density at radius 2 is 2.36 bits per heavy atom. The van der Waals surface area contributed by atoms with Gasteiger partial charge in [0, 0.05) is 12.3 Å². The van der Waals surface area contributed by atoms with Crippen LogP contribution in [0.3, 0.4) is 0 Å². The molecule has 70 valence electrons. The molecule has 0 aromatic carbocycles. The fourth-order valence-corrected chi connectivity index (χ4v) is 0.818. The molecule has 0 aliphatic carbocycles. The zero-order chi connectivity index (χ0) is 10.7. The van der Waals surface area contributed by atoms with Crippen LogP contribution in [0.1, 0.15) is 16.1 Å². The maximum absolute atomic E-state index is 10.5. The maximum Gasteiger partial charge on any atom is 0.361 e. The van der Waals surface area contributed by atoms with Crippen LogP contribution in [0.4, 0.5) is 5.69 Å². The predicted molar refractivity (Wildman–Crippen MR) is 42.6 cm³/mol. The van der Waals surface area contributed by atoms with Gasteiger partial charge < -0.3 is 5.11 Å². The van der Waals surface area contributed by atoms with Crippen molar-refractivity contribution in [2.45, 2.75) is 0 Å². The number of aromatic carboxylic acids is 1. The zero-order valence-corrected chi connectivity index (χ0v) is 6.67. The van der Waals surface area contributed by atoms with Crippen molar-refractivity contribution in [3.63, 3.8) is 0 Å². The summed E-state index contributed by atoms with van der Waals surface area (Å²) in [6, 6.07) is 2.50. The van der Waals surface area contributed by atoms with Crippen LogP contribution < -0.4 is 0 Å². The molecular weight excluding hydrogens is 190 g/mol. The molecule has 0 unspecified atom stereocenters. The van der Waals surface area contributed by atoms with Gasteiger partial charge in [0.15, 0.2) is 0 Å². The van der Waals surface area contributed by atoms with Gasteiger partial charge in [0.05, 0.1) is 10.5 Å². The number of carbonyl (C=O) groups is 1. The molecule has 14 heavy (non-hydrogen) atoms. The zero-order valence-electron chi connectivity index (χ0n) is 6.67. The summed E-state index contributed by atoms with van der Waals surface area (Å²) in [4.78, 5) is 23.3. The second-order valence-corrected chi connectivity index (χ2v) is 2.27. The van der Waals surface area contributed by atoms with Gasteiger partial charge in [-0.05, 0) is 0 Å². The van der Waals surface area contributed by atoms with E-state index in [1.807, 2.05) is 0 Å². The number of aromatic nitrogens is 1. The Labute approximate surface area is 77.4 Å². The number of nitro groups is 1. The molecule has 1 aromatic heterocycles. The Bertz CT molecular complexity index is 449. The summed E-state index contributed by atoms with van der Waals surface area (Å²) >= 11 is 0. The Morgan fingerprint density at radius 3 is 2.79 bits per heavy atom. The standard InChI is InChI=1S/C7H3N3O4/c8-2-4-1-5(10(13)14)6(7(11)12)9-3-4/h1,3H,(H,11,12). The lowest BCUT2D eigenvalue weighted by Crippen LogP contribution is -2.05. The molecule has 0 aliphatic rings. The average molecular weight is 193 g/mol. The van der Waals surface area contributed by atoms with E-state index in [0.717, 1.165) is 12.3 Å². The van der Waals surface area contributed by atoms with Crippen LogP contribution in [0.5, 0.6) is 0 Å². The number of hydrogen-bond donors (Lipinski definition) is 1. The monoisotopic (exact) mass is 193 g/mol. The lowest BCUT2D eigenvalue weighted by Gasteiger charge is -1.96. The molecule has 0 bridgehead atoms. The van der Waals surface area contributed by atoms with Crippen molar-refractivity contribution in [2.24, 2.45) is 0 Å². The van der Waals surface area contributed by atoms with Crippen LogP contribution in [0, 0.1) is 21.4 Å². The van der Waals surface area contributed by atoms with Crippen molar-refractivity contribution in [3.05, 3.63) is 33.6 Å². The second-order valence-electron chi connectivity index (χ2n) is 2.27. The highest BCUT2D eigenvalue weighted by atomic mass is 16.6. The second kappa shape index (κ2) is 3.49. The summed E-state index contributed by atoms with van der Waals surface area (Å²) in [6.07, 6.45) is 0.969. The molecule has 0 spiro atoms. The van der Waals surface area contributed by atoms with E-state index in [9.17, 15) is 14.9 Å². The number of pyridine rings is 1. The van der Waals surface area contributed by atoms with E-state index in [-0.39, 0.29) is 5.56 Å². The lowest BCUT2D eigenvalue weighted by atomic mass is 10.2. The number of rotatable bonds is 2. The number of nitriles is 1. The highest BCUT2D eigenvalue weighted by Crippen LogP contribution is 2.17. The summed E-state index contributed by atoms with van der Waals surface area (Å²) in [5.74, 6) is -1.50. The minimum atomic E-state index is -1.50. The molecule has 0 aliphatic heterocycles. The summed E-state index contributed by atoms with van der Waals surface area (Å²) in [6.45, 7) is 0. The van der Waals surface area contributed by atoms with Crippen LogP contribution in [0.25, 0.3) is 0 Å². The van der Waals surface area contributed by atoms with Crippen molar-refractivity contribution >= 4 is 11.7 Å². The first kappa shape index (κ1) is 9.60. The molecule has 7 heteroatoms. The molecular formula is C7H3N3O4. The topological polar surface area (TPSA) is 117 Å². The van der Waals surface area contributed by atoms with Gasteiger partial charge in [-0.25, -0.2) is 9.78 Å². The summed E-state index contributed by atoms with van der Waals surface area (Å²) in [7, 11) is 0. The van der Waals surface area contributed by atoms with E-state index in [2.05, 4.69) is 4.98 Å². The van der Waals surface area contributed by atoms with Gasteiger partial charge in [-0.2, -0.15) is 5.26 Å². The largest absolute Gasteiger partial charge is 0.476 e. The van der Waals surface area contributed by atoms with Gasteiger partial charge >= 0.3 is 11.7 Å². The Kier molecular flexibility index (Phi) is 2.39. The van der Waals surface area contributed by atoms with Crippen LogP contribution in [0.15, 0.2) is 12.3 Å². The van der Waals surface area contributed by atoms with E-state index in [1.165, 1.54) is 0 Å². The van der Waals surface area contributed by atoms with Crippen LogP contribution in [-0.2, 0) is 0 Å². The van der Waals surface area contributed by atoms with E-state index >= 15 is 0 Å². The molecule has 1 aromatic rings. The third kappa shape index (κ3) is 1.64. The molecule has 0 amide bonds. The Morgan fingerprint density at radius 1 is 1.71 bits per heavy atom. The molecule has 1 rings (SSSR count). The average Bonchev–Trinajstić information content (AvgIpc) is 2.16. The third-order valence-corrected chi connectivity index (χ3v) is 1.40. The van der Waals surface area contributed by atoms with Crippen LogP contribution >= 0.6 is 0 Å². The molecule has 1 N–H and O–H groups in total. The summed E-state index contributed by atoms with van der Waals surface area (Å²) < 4.78 is 0. The Hall–Kier alpha value is -2.49. The van der Waals surface area contributed by atoms with E-state index in [1.54, 1.807) is 6.07 Å². The van der Waals surface area contributed by atoms with Crippen molar-refractivity contribution in [1.29, 1.82) is 5.26 Å². The minimum absolute atomic E-state index is 0.0540. The van der Waals surface area contributed by atoms with E-state index < -0.39 is 22.3 Å². The Balaban J connectivity index is 3.40. The first-order valence-electron chi connectivity index (χ1n) is 3.34. The smallest absolute Gasteiger partial charge is 0.361 e. The predicted octanol–water partition coefficient (Wildman–Crippen LogP) is 0.560. The third-order valence-electron chi connectivity index (χ3n) is 1.40. The molecule has 0 atom stereocenters. The van der Waals surface area contributed by atoms with Crippen LogP contribution in [-0.4, -0.2) is 21.0 Å². The van der Waals surface area contributed by atoms with E-state index in [4.69, 9.17) is 10.4 Å². The van der Waals surface area contributed by atoms with E-state index in [0.29, 0.717) is 0 Å². The first-order chi connectivity index (χ1) is 6.56. The fraction of sp³-hybridized carbons (Fsp3) is 0. The summed E-state index contributed by atoms with van der Waals surface area (Å²) in [5, 5.41) is 27.3. The molecule has 0 radical (unpaired) electrons. The van der Waals surface area contributed by atoms with Gasteiger partial charge in [0.2, 0.25) is 5.69 Å². The molecule has 0 fully saturated rings. The highest BCUT2D eigenvalue weighted by molar-refractivity contribution is 5.90. The first-order valence-corrected chi connectivity index (χ1v) is 3.34. The molecule has 0 saturated carbocycles. The van der Waals surface area contributed by atoms with Crippen molar-refractivity contribution in [1.82, 2.24) is 4.98 Å². The van der Waals surface area contributed by atoms with Crippen LogP contribution in [0.2, 0.25) is 0 Å². The number of carboxylic acids is 1. The highest BCUT2D eigenvalue weighted by Gasteiger charge is 2.21. The molecule has 7 nitrogen and oxygen atoms in total. The van der Waals surface area contributed by atoms with Gasteiger partial charge in [-0.3, -0.25) is 10.1 Å². The van der Waals surface area contributed by atoms with Gasteiger partial charge in [0.1, 0.15) is 6.07 Å². The lowest BCUT2D eigenvalue weighted by molar-refractivity contribution is -0.385. The van der Waals surface area contributed by atoms with Gasteiger partial charge in [-0.15, -0.1) is 0 Å². The summed E-state index contributed by atoms with van der Waals surface area (Å²) in [5.41, 5.74) is -1.41. The number of carboxylic acid groups (broad SMARTS) is 1. The minimum Gasteiger partial charge on any atom is -0.476 e. The fourth-order valence-electron chi connectivity index (χ4n) is 0.818. The SMILES string of the molecule is N#Cc1cnc(C(=O)O)c([N+](=O)[O-])c1. The van der Waals surface area contributed by atoms with Crippen molar-refractivity contribution < 1.29 is 14.8 Å². The van der Waals surface area contributed by atoms with Gasteiger partial charge in [0.25, 0.3) is 0 Å². The quantitative estimate of drug-likeness (QED) is 0.541. The number of hydrogen-bond acceptors (Lipinski definition) is 5. The van der Waals surface area contributed by atoms with Crippen molar-refractivity contribution in [2.75, 3.05) is 0 Å². The molecule has 1 heterocycles. The molecule has 0 saturated heterocycles.